The molecule has 0 saturated carbocycles. The van der Waals surface area contributed by atoms with Crippen LogP contribution in [0, 0.1) is 12.8 Å². The summed E-state index contributed by atoms with van der Waals surface area (Å²) in [6.45, 7) is 8.62. The summed E-state index contributed by atoms with van der Waals surface area (Å²) in [6.07, 6.45) is 4.36. The van der Waals surface area contributed by atoms with Gasteiger partial charge in [-0.05, 0) is 63.0 Å². The average molecular weight is 377 g/mol. The van der Waals surface area contributed by atoms with E-state index in [1.54, 1.807) is 6.20 Å². The number of piperidine rings is 1. The van der Waals surface area contributed by atoms with Crippen LogP contribution in [-0.4, -0.2) is 46.3 Å². The molecule has 3 heterocycles. The van der Waals surface area contributed by atoms with Crippen LogP contribution in [0.4, 0.5) is 5.82 Å². The minimum atomic E-state index is 0.484. The maximum Gasteiger partial charge on any atom is 0.251 e. The number of aromatic nitrogens is 3. The van der Waals surface area contributed by atoms with Crippen molar-refractivity contribution in [3.63, 3.8) is 0 Å². The molecule has 1 N–H and O–H groups in total. The molecule has 1 fully saturated rings. The van der Waals surface area contributed by atoms with Crippen LogP contribution < -0.4 is 5.32 Å². The number of rotatable bonds is 6. The number of nitrogens with one attached hydrogen (secondary N) is 1. The fourth-order valence-electron chi connectivity index (χ4n) is 3.48. The van der Waals surface area contributed by atoms with Gasteiger partial charge in [0.25, 0.3) is 5.89 Å². The number of hydrogen-bond acceptors (Lipinski definition) is 6. The van der Waals surface area contributed by atoms with Gasteiger partial charge in [0.1, 0.15) is 5.82 Å². The Kier molecular flexibility index (Phi) is 5.67. The second-order valence-corrected chi connectivity index (χ2v) is 7.63. The van der Waals surface area contributed by atoms with Crippen LogP contribution in [0.3, 0.4) is 0 Å². The summed E-state index contributed by atoms with van der Waals surface area (Å²) in [7, 11) is 0. The van der Waals surface area contributed by atoms with Crippen molar-refractivity contribution in [3.05, 3.63) is 48.2 Å². The van der Waals surface area contributed by atoms with Crippen molar-refractivity contribution in [1.29, 1.82) is 0 Å². The summed E-state index contributed by atoms with van der Waals surface area (Å²) >= 11 is 0. The third-order valence-corrected chi connectivity index (χ3v) is 5.36. The van der Waals surface area contributed by atoms with Gasteiger partial charge in [-0.2, -0.15) is 0 Å². The van der Waals surface area contributed by atoms with E-state index in [9.17, 15) is 0 Å². The quantitative estimate of drug-likeness (QED) is 0.693. The van der Waals surface area contributed by atoms with Crippen LogP contribution in [0.1, 0.15) is 25.3 Å². The van der Waals surface area contributed by atoms with Gasteiger partial charge in [0.05, 0.1) is 5.56 Å². The van der Waals surface area contributed by atoms with Crippen molar-refractivity contribution in [3.8, 4) is 22.9 Å². The van der Waals surface area contributed by atoms with Gasteiger partial charge in [-0.3, -0.25) is 0 Å². The van der Waals surface area contributed by atoms with Gasteiger partial charge < -0.3 is 14.6 Å². The number of hydrogen-bond donors (Lipinski definition) is 1. The Hall–Kier alpha value is -2.73. The van der Waals surface area contributed by atoms with Crippen molar-refractivity contribution >= 4 is 5.82 Å². The zero-order valence-corrected chi connectivity index (χ0v) is 16.6. The van der Waals surface area contributed by atoms with Gasteiger partial charge in [-0.15, -0.1) is 10.2 Å². The van der Waals surface area contributed by atoms with E-state index in [4.69, 9.17) is 4.42 Å². The van der Waals surface area contributed by atoms with Gasteiger partial charge in [0, 0.05) is 24.8 Å². The van der Waals surface area contributed by atoms with E-state index in [2.05, 4.69) is 39.2 Å². The molecular formula is C22H27N5O. The summed E-state index contributed by atoms with van der Waals surface area (Å²) < 4.78 is 5.93. The highest BCUT2D eigenvalue weighted by Crippen LogP contribution is 2.28. The lowest BCUT2D eigenvalue weighted by Crippen LogP contribution is -2.36. The Bertz CT molecular complexity index is 897. The predicted octanol–water partition coefficient (Wildman–Crippen LogP) is 4.25. The molecule has 4 rings (SSSR count). The van der Waals surface area contributed by atoms with Crippen molar-refractivity contribution in [2.24, 2.45) is 5.92 Å². The molecule has 2 aromatic heterocycles. The lowest BCUT2D eigenvalue weighted by molar-refractivity contribution is 0.199. The molecular weight excluding hydrogens is 350 g/mol. The average Bonchev–Trinajstić information content (AvgIpc) is 3.20. The molecule has 0 unspecified atom stereocenters. The minimum Gasteiger partial charge on any atom is -0.416 e. The number of likely N-dealkylation sites (tertiary alicyclic amines) is 1. The summed E-state index contributed by atoms with van der Waals surface area (Å²) in [5.41, 5.74) is 2.95. The van der Waals surface area contributed by atoms with Gasteiger partial charge in [0.2, 0.25) is 5.89 Å². The Labute approximate surface area is 166 Å². The van der Waals surface area contributed by atoms with E-state index in [1.807, 2.05) is 36.4 Å². The molecule has 3 aromatic rings. The first-order valence-corrected chi connectivity index (χ1v) is 10.0. The molecule has 6 nitrogen and oxygen atoms in total. The first kappa shape index (κ1) is 18.6. The molecule has 1 aromatic carbocycles. The van der Waals surface area contributed by atoms with Crippen molar-refractivity contribution < 1.29 is 4.42 Å². The molecule has 0 spiro atoms. The zero-order valence-electron chi connectivity index (χ0n) is 16.6. The van der Waals surface area contributed by atoms with Crippen molar-refractivity contribution in [2.75, 3.05) is 31.5 Å². The SMILES string of the molecule is Cc1ccc(-c2nnc(-c3cccnc3NCCN3CCC(C)CC3)o2)cc1. The van der Waals surface area contributed by atoms with Crippen LogP contribution in [0.2, 0.25) is 0 Å². The van der Waals surface area contributed by atoms with Crippen LogP contribution in [0.5, 0.6) is 0 Å². The number of anilines is 1. The first-order valence-electron chi connectivity index (χ1n) is 10.0. The van der Waals surface area contributed by atoms with E-state index in [0.717, 1.165) is 36.0 Å². The number of pyridine rings is 1. The molecule has 0 atom stereocenters. The largest absolute Gasteiger partial charge is 0.416 e. The monoisotopic (exact) mass is 377 g/mol. The second kappa shape index (κ2) is 8.52. The predicted molar refractivity (Wildman–Crippen MR) is 111 cm³/mol. The normalized spacial score (nSPS) is 15.6. The van der Waals surface area contributed by atoms with E-state index < -0.39 is 0 Å². The Morgan fingerprint density at radius 2 is 1.82 bits per heavy atom. The molecule has 0 amide bonds. The smallest absolute Gasteiger partial charge is 0.251 e. The molecule has 0 radical (unpaired) electrons. The fraction of sp³-hybridized carbons (Fsp3) is 0.409. The lowest BCUT2D eigenvalue weighted by atomic mass is 9.99. The van der Waals surface area contributed by atoms with Gasteiger partial charge >= 0.3 is 0 Å². The van der Waals surface area contributed by atoms with E-state index in [1.165, 1.54) is 31.5 Å². The lowest BCUT2D eigenvalue weighted by Gasteiger charge is -2.30. The van der Waals surface area contributed by atoms with Crippen molar-refractivity contribution in [1.82, 2.24) is 20.1 Å². The number of benzene rings is 1. The van der Waals surface area contributed by atoms with Crippen LogP contribution in [-0.2, 0) is 0 Å². The molecule has 6 heteroatoms. The Morgan fingerprint density at radius 1 is 1.07 bits per heavy atom. The first-order chi connectivity index (χ1) is 13.7. The molecule has 1 aliphatic heterocycles. The van der Waals surface area contributed by atoms with E-state index in [0.29, 0.717) is 11.8 Å². The topological polar surface area (TPSA) is 67.1 Å². The third kappa shape index (κ3) is 4.39. The minimum absolute atomic E-state index is 0.484. The van der Waals surface area contributed by atoms with Crippen LogP contribution in [0.25, 0.3) is 22.9 Å². The maximum absolute atomic E-state index is 5.93. The highest BCUT2D eigenvalue weighted by atomic mass is 16.4. The number of nitrogens with zero attached hydrogens (tertiary/aromatic N) is 4. The number of aryl methyl sites for hydroxylation is 1. The molecule has 146 valence electrons. The summed E-state index contributed by atoms with van der Waals surface area (Å²) in [6, 6.07) is 11.9. The van der Waals surface area contributed by atoms with E-state index in [-0.39, 0.29) is 0 Å². The highest BCUT2D eigenvalue weighted by molar-refractivity contribution is 5.69. The van der Waals surface area contributed by atoms with Gasteiger partial charge in [-0.1, -0.05) is 24.6 Å². The molecule has 28 heavy (non-hydrogen) atoms. The van der Waals surface area contributed by atoms with E-state index >= 15 is 0 Å². The van der Waals surface area contributed by atoms with Crippen molar-refractivity contribution in [2.45, 2.75) is 26.7 Å². The Morgan fingerprint density at radius 3 is 2.61 bits per heavy atom. The Balaban J connectivity index is 1.43. The third-order valence-electron chi connectivity index (χ3n) is 5.36. The second-order valence-electron chi connectivity index (χ2n) is 7.63. The zero-order chi connectivity index (χ0) is 19.3. The fourth-order valence-corrected chi connectivity index (χ4v) is 3.48. The molecule has 0 bridgehead atoms. The molecule has 1 aliphatic rings. The summed E-state index contributed by atoms with van der Waals surface area (Å²) in [4.78, 5) is 7.00. The standard InChI is InChI=1S/C22H27N5O/c1-16-5-7-18(8-6-16)21-25-26-22(28-21)19-4-3-11-23-20(19)24-12-15-27-13-9-17(2)10-14-27/h3-8,11,17H,9-10,12-15H2,1-2H3,(H,23,24). The van der Waals surface area contributed by atoms with Crippen LogP contribution >= 0.6 is 0 Å². The highest BCUT2D eigenvalue weighted by Gasteiger charge is 2.17. The van der Waals surface area contributed by atoms with Gasteiger partial charge in [0.15, 0.2) is 0 Å². The maximum atomic E-state index is 5.93. The molecule has 0 aliphatic carbocycles. The van der Waals surface area contributed by atoms with Gasteiger partial charge in [-0.25, -0.2) is 4.98 Å². The molecule has 1 saturated heterocycles. The van der Waals surface area contributed by atoms with Crippen LogP contribution in [0.15, 0.2) is 47.0 Å². The summed E-state index contributed by atoms with van der Waals surface area (Å²) in [5, 5.41) is 11.9. The summed E-state index contributed by atoms with van der Waals surface area (Å²) in [5.74, 6) is 2.64.